The van der Waals surface area contributed by atoms with Gasteiger partial charge in [-0.15, -0.1) is 0 Å². The van der Waals surface area contributed by atoms with E-state index in [1.807, 2.05) is 31.2 Å². The Morgan fingerprint density at radius 1 is 1.28 bits per heavy atom. The Morgan fingerprint density at radius 2 is 2.04 bits per heavy atom. The number of anilines is 3. The highest BCUT2D eigenvalue weighted by atomic mass is 16.1. The number of aryl methyl sites for hydroxylation is 1. The Bertz CT molecular complexity index is 747. The molecule has 1 aromatic heterocycles. The number of carbonyl (C=O) groups excluding carboxylic acids is 1. The second-order valence-corrected chi connectivity index (χ2v) is 6.40. The lowest BCUT2D eigenvalue weighted by Crippen LogP contribution is -2.41. The molecule has 0 saturated carbocycles. The summed E-state index contributed by atoms with van der Waals surface area (Å²) in [7, 11) is 0. The number of nitrogens with one attached hydrogen (secondary N) is 1. The molecule has 2 heterocycles. The smallest absolute Gasteiger partial charge is 0.232 e. The number of hydrogen-bond donors (Lipinski definition) is 3. The Hall–Kier alpha value is -2.74. The minimum atomic E-state index is -0.249. The van der Waals surface area contributed by atoms with Crippen LogP contribution in [0.4, 0.5) is 17.6 Å². The number of likely N-dealkylation sites (tertiary alicyclic amines) is 1. The minimum Gasteiger partial charge on any atom is -0.369 e. The monoisotopic (exact) mass is 341 g/mol. The lowest BCUT2D eigenvalue weighted by molar-refractivity contribution is -0.123. The zero-order valence-electron chi connectivity index (χ0n) is 14.3. The van der Waals surface area contributed by atoms with Gasteiger partial charge < -0.3 is 16.8 Å². The molecule has 2 aromatic rings. The fourth-order valence-corrected chi connectivity index (χ4v) is 2.96. The largest absolute Gasteiger partial charge is 0.369 e. The van der Waals surface area contributed by atoms with Crippen LogP contribution < -0.4 is 16.8 Å². The zero-order valence-corrected chi connectivity index (χ0v) is 14.3. The van der Waals surface area contributed by atoms with E-state index in [0.717, 1.165) is 25.1 Å². The molecule has 8 nitrogen and oxygen atoms in total. The van der Waals surface area contributed by atoms with Crippen LogP contribution in [-0.2, 0) is 11.3 Å². The third-order valence-corrected chi connectivity index (χ3v) is 4.28. The van der Waals surface area contributed by atoms with Crippen LogP contribution in [0.5, 0.6) is 0 Å². The third-order valence-electron chi connectivity index (χ3n) is 4.28. The lowest BCUT2D eigenvalue weighted by Gasteiger charge is -2.30. The molecule has 3 rings (SSSR count). The summed E-state index contributed by atoms with van der Waals surface area (Å²) < 4.78 is 0. The first-order valence-electron chi connectivity index (χ1n) is 8.35. The summed E-state index contributed by atoms with van der Waals surface area (Å²) in [5.41, 5.74) is 13.3. The molecule has 1 unspecified atom stereocenters. The van der Waals surface area contributed by atoms with Gasteiger partial charge in [-0.1, -0.05) is 17.7 Å². The summed E-state index contributed by atoms with van der Waals surface area (Å²) >= 11 is 0. The van der Waals surface area contributed by atoms with Gasteiger partial charge in [-0.2, -0.15) is 15.0 Å². The van der Waals surface area contributed by atoms with Crippen molar-refractivity contribution >= 4 is 23.5 Å². The number of aromatic nitrogens is 3. The van der Waals surface area contributed by atoms with Crippen LogP contribution in [0, 0.1) is 12.8 Å². The number of piperidine rings is 1. The number of amides is 1. The molecule has 1 aromatic carbocycles. The van der Waals surface area contributed by atoms with Crippen LogP contribution in [-0.4, -0.2) is 38.8 Å². The van der Waals surface area contributed by atoms with E-state index in [1.54, 1.807) is 0 Å². The molecule has 0 aliphatic carbocycles. The van der Waals surface area contributed by atoms with Gasteiger partial charge in [-0.25, -0.2) is 0 Å². The molecule has 0 spiro atoms. The number of rotatable bonds is 5. The van der Waals surface area contributed by atoms with E-state index in [1.165, 1.54) is 5.56 Å². The quantitative estimate of drug-likeness (QED) is 0.746. The van der Waals surface area contributed by atoms with Crippen molar-refractivity contribution in [2.24, 2.45) is 11.7 Å². The number of benzene rings is 1. The van der Waals surface area contributed by atoms with Gasteiger partial charge in [0, 0.05) is 12.2 Å². The molecule has 8 heteroatoms. The van der Waals surface area contributed by atoms with Crippen LogP contribution in [0.25, 0.3) is 0 Å². The fraction of sp³-hybridized carbons (Fsp3) is 0.412. The van der Waals surface area contributed by atoms with Gasteiger partial charge in [0.25, 0.3) is 0 Å². The van der Waals surface area contributed by atoms with Gasteiger partial charge in [0.2, 0.25) is 17.8 Å². The second kappa shape index (κ2) is 7.43. The Labute approximate surface area is 146 Å². The predicted molar refractivity (Wildman–Crippen MR) is 95.9 cm³/mol. The lowest BCUT2D eigenvalue weighted by atomic mass is 9.97. The van der Waals surface area contributed by atoms with E-state index in [4.69, 9.17) is 11.5 Å². The van der Waals surface area contributed by atoms with Crippen molar-refractivity contribution < 1.29 is 4.79 Å². The molecule has 1 aliphatic rings. The predicted octanol–water partition coefficient (Wildman–Crippen LogP) is 1.20. The number of hydrogen-bond acceptors (Lipinski definition) is 7. The van der Waals surface area contributed by atoms with Crippen molar-refractivity contribution in [1.29, 1.82) is 0 Å². The van der Waals surface area contributed by atoms with Crippen molar-refractivity contribution in [3.63, 3.8) is 0 Å². The van der Waals surface area contributed by atoms with Crippen molar-refractivity contribution in [3.05, 3.63) is 35.7 Å². The van der Waals surface area contributed by atoms with Crippen LogP contribution in [0.3, 0.4) is 0 Å². The summed E-state index contributed by atoms with van der Waals surface area (Å²) in [6, 6.07) is 7.92. The second-order valence-electron chi connectivity index (χ2n) is 6.40. The number of nitrogens with two attached hydrogens (primary N) is 2. The van der Waals surface area contributed by atoms with E-state index in [9.17, 15) is 4.79 Å². The SMILES string of the molecule is Cc1ccc(Nc2nc(N)nc(CN3CCCC(C(N)=O)C3)n2)cc1. The summed E-state index contributed by atoms with van der Waals surface area (Å²) in [5.74, 6) is 0.796. The van der Waals surface area contributed by atoms with Crippen LogP contribution in [0.1, 0.15) is 24.2 Å². The summed E-state index contributed by atoms with van der Waals surface area (Å²) in [6.45, 7) is 4.05. The molecule has 25 heavy (non-hydrogen) atoms. The molecule has 0 radical (unpaired) electrons. The van der Waals surface area contributed by atoms with E-state index in [0.29, 0.717) is 24.9 Å². The molecule has 1 fully saturated rings. The molecule has 1 atom stereocenters. The number of carbonyl (C=O) groups is 1. The first-order chi connectivity index (χ1) is 12.0. The molecule has 0 bridgehead atoms. The zero-order chi connectivity index (χ0) is 17.8. The maximum absolute atomic E-state index is 11.4. The van der Waals surface area contributed by atoms with Gasteiger partial charge in [0.1, 0.15) is 5.82 Å². The standard InChI is InChI=1S/C17H23N7O/c1-11-4-6-13(7-5-11)20-17-22-14(21-16(19)23-17)10-24-8-2-3-12(9-24)15(18)25/h4-7,12H,2-3,8-10H2,1H3,(H2,18,25)(H3,19,20,21,22,23). The molecular weight excluding hydrogens is 318 g/mol. The van der Waals surface area contributed by atoms with Gasteiger partial charge >= 0.3 is 0 Å². The Morgan fingerprint density at radius 3 is 2.76 bits per heavy atom. The molecule has 132 valence electrons. The first kappa shape index (κ1) is 17.1. The first-order valence-corrected chi connectivity index (χ1v) is 8.35. The molecule has 5 N–H and O–H groups in total. The number of nitrogen functional groups attached to an aromatic ring is 1. The fourth-order valence-electron chi connectivity index (χ4n) is 2.96. The Balaban J connectivity index is 1.70. The van der Waals surface area contributed by atoms with Crippen molar-refractivity contribution in [2.75, 3.05) is 24.1 Å². The molecule has 1 amide bonds. The van der Waals surface area contributed by atoms with E-state index in [-0.39, 0.29) is 17.8 Å². The summed E-state index contributed by atoms with van der Waals surface area (Å²) in [6.07, 6.45) is 1.77. The van der Waals surface area contributed by atoms with Crippen molar-refractivity contribution in [1.82, 2.24) is 19.9 Å². The van der Waals surface area contributed by atoms with Gasteiger partial charge in [-0.05, 0) is 38.4 Å². The highest BCUT2D eigenvalue weighted by Gasteiger charge is 2.24. The van der Waals surface area contributed by atoms with Gasteiger partial charge in [0.15, 0.2) is 0 Å². The topological polar surface area (TPSA) is 123 Å². The third kappa shape index (κ3) is 4.63. The van der Waals surface area contributed by atoms with E-state index in [2.05, 4.69) is 25.2 Å². The highest BCUT2D eigenvalue weighted by molar-refractivity contribution is 5.76. The average molecular weight is 341 g/mol. The highest BCUT2D eigenvalue weighted by Crippen LogP contribution is 2.19. The van der Waals surface area contributed by atoms with Crippen molar-refractivity contribution in [3.8, 4) is 0 Å². The van der Waals surface area contributed by atoms with Gasteiger partial charge in [-0.3, -0.25) is 9.69 Å². The van der Waals surface area contributed by atoms with Gasteiger partial charge in [0.05, 0.1) is 12.5 Å². The van der Waals surface area contributed by atoms with Crippen molar-refractivity contribution in [2.45, 2.75) is 26.3 Å². The Kier molecular flexibility index (Phi) is 5.08. The molecular formula is C17H23N7O. The maximum Gasteiger partial charge on any atom is 0.232 e. The van der Waals surface area contributed by atoms with E-state index >= 15 is 0 Å². The van der Waals surface area contributed by atoms with Crippen LogP contribution >= 0.6 is 0 Å². The van der Waals surface area contributed by atoms with Crippen LogP contribution in [0.2, 0.25) is 0 Å². The van der Waals surface area contributed by atoms with Crippen LogP contribution in [0.15, 0.2) is 24.3 Å². The average Bonchev–Trinajstić information content (AvgIpc) is 2.57. The summed E-state index contributed by atoms with van der Waals surface area (Å²) in [4.78, 5) is 26.3. The molecule has 1 aliphatic heterocycles. The van der Waals surface area contributed by atoms with E-state index < -0.39 is 0 Å². The summed E-state index contributed by atoms with van der Waals surface area (Å²) in [5, 5.41) is 3.14. The molecule has 1 saturated heterocycles. The number of primary amides is 1. The number of nitrogens with zero attached hydrogens (tertiary/aromatic N) is 4. The minimum absolute atomic E-state index is 0.113. The normalized spacial score (nSPS) is 18.0. The maximum atomic E-state index is 11.4.